The van der Waals surface area contributed by atoms with Gasteiger partial charge in [-0.05, 0) is 44.9 Å². The molecule has 0 amide bonds. The van der Waals surface area contributed by atoms with Crippen LogP contribution in [0.3, 0.4) is 0 Å². The van der Waals surface area contributed by atoms with E-state index >= 15 is 0 Å². The highest BCUT2D eigenvalue weighted by Crippen LogP contribution is 2.34. The van der Waals surface area contributed by atoms with E-state index in [0.29, 0.717) is 18.9 Å². The Bertz CT molecular complexity index is 250. The van der Waals surface area contributed by atoms with Crippen molar-refractivity contribution >= 4 is 11.6 Å². The minimum absolute atomic E-state index is 0.238. The quantitative estimate of drug-likeness (QED) is 0.765. The molecule has 3 unspecified atom stereocenters. The van der Waals surface area contributed by atoms with E-state index in [9.17, 15) is 5.11 Å². The molecule has 0 radical (unpaired) electrons. The smallest absolute Gasteiger partial charge is 0.197 e. The first-order valence-electron chi connectivity index (χ1n) is 7.44. The van der Waals surface area contributed by atoms with E-state index < -0.39 is 11.9 Å². The van der Waals surface area contributed by atoms with Gasteiger partial charge < -0.3 is 19.3 Å². The lowest BCUT2D eigenvalue weighted by molar-refractivity contribution is -0.356. The molecule has 112 valence electrons. The fourth-order valence-electron chi connectivity index (χ4n) is 2.74. The lowest BCUT2D eigenvalue weighted by atomic mass is 9.96. The third-order valence-corrected chi connectivity index (χ3v) is 4.12. The summed E-state index contributed by atoms with van der Waals surface area (Å²) in [5.74, 6) is -0.334. The number of ether oxygens (including phenoxy) is 3. The number of hydrogen-bond donors (Lipinski definition) is 1. The van der Waals surface area contributed by atoms with Crippen molar-refractivity contribution in [1.29, 1.82) is 0 Å². The molecule has 0 aromatic heterocycles. The van der Waals surface area contributed by atoms with Gasteiger partial charge in [0.1, 0.15) is 6.10 Å². The first-order valence-corrected chi connectivity index (χ1v) is 7.98. The lowest BCUT2D eigenvalue weighted by Crippen LogP contribution is -2.52. The molecule has 0 aromatic carbocycles. The van der Waals surface area contributed by atoms with Gasteiger partial charge in [0.15, 0.2) is 12.1 Å². The molecule has 1 N–H and O–H groups in total. The summed E-state index contributed by atoms with van der Waals surface area (Å²) in [7, 11) is 0. The minimum atomic E-state index is -0.883. The SMILES string of the molecule is OC(CCCCl)C1(OC2CCCCO2)CCCCO1. The van der Waals surface area contributed by atoms with Gasteiger partial charge in [-0.2, -0.15) is 0 Å². The topological polar surface area (TPSA) is 47.9 Å². The van der Waals surface area contributed by atoms with Gasteiger partial charge in [-0.3, -0.25) is 0 Å². The van der Waals surface area contributed by atoms with Gasteiger partial charge in [-0.1, -0.05) is 0 Å². The summed E-state index contributed by atoms with van der Waals surface area (Å²) in [6.45, 7) is 1.38. The van der Waals surface area contributed by atoms with Crippen LogP contribution in [-0.2, 0) is 14.2 Å². The van der Waals surface area contributed by atoms with E-state index in [-0.39, 0.29) is 6.29 Å². The molecular formula is C14H25ClO4. The summed E-state index contributed by atoms with van der Waals surface area (Å²) < 4.78 is 17.5. The Labute approximate surface area is 120 Å². The molecule has 2 heterocycles. The summed E-state index contributed by atoms with van der Waals surface area (Å²) in [4.78, 5) is 0. The molecule has 2 fully saturated rings. The van der Waals surface area contributed by atoms with E-state index in [1.165, 1.54) is 0 Å². The van der Waals surface area contributed by atoms with Crippen molar-refractivity contribution in [2.75, 3.05) is 19.1 Å². The van der Waals surface area contributed by atoms with Crippen LogP contribution in [0.5, 0.6) is 0 Å². The van der Waals surface area contributed by atoms with Gasteiger partial charge in [0, 0.05) is 18.9 Å². The Balaban J connectivity index is 1.96. The fourth-order valence-corrected chi connectivity index (χ4v) is 2.90. The number of aliphatic hydroxyl groups excluding tert-OH is 1. The minimum Gasteiger partial charge on any atom is -0.388 e. The van der Waals surface area contributed by atoms with Gasteiger partial charge in [0.05, 0.1) is 6.61 Å². The number of halogens is 1. The van der Waals surface area contributed by atoms with Gasteiger partial charge in [-0.15, -0.1) is 11.6 Å². The third-order valence-electron chi connectivity index (χ3n) is 3.85. The molecule has 2 aliphatic rings. The Morgan fingerprint density at radius 2 is 2.11 bits per heavy atom. The number of aliphatic hydroxyl groups is 1. The van der Waals surface area contributed by atoms with Gasteiger partial charge in [-0.25, -0.2) is 0 Å². The first kappa shape index (κ1) is 15.5. The second-order valence-corrected chi connectivity index (χ2v) is 5.76. The second kappa shape index (κ2) is 7.79. The van der Waals surface area contributed by atoms with E-state index in [1.54, 1.807) is 0 Å². The zero-order chi connectivity index (χ0) is 13.6. The second-order valence-electron chi connectivity index (χ2n) is 5.38. The van der Waals surface area contributed by atoms with Crippen LogP contribution < -0.4 is 0 Å². The highest BCUT2D eigenvalue weighted by atomic mass is 35.5. The summed E-state index contributed by atoms with van der Waals surface area (Å²) in [6, 6.07) is 0. The molecule has 0 aromatic rings. The average Bonchev–Trinajstić information content (AvgIpc) is 2.46. The zero-order valence-corrected chi connectivity index (χ0v) is 12.2. The van der Waals surface area contributed by atoms with Crippen molar-refractivity contribution in [2.45, 2.75) is 69.5 Å². The molecule has 2 rings (SSSR count). The number of alkyl halides is 1. The van der Waals surface area contributed by atoms with Crippen LogP contribution in [0.2, 0.25) is 0 Å². The highest BCUT2D eigenvalue weighted by molar-refractivity contribution is 6.17. The lowest BCUT2D eigenvalue weighted by Gasteiger charge is -2.43. The van der Waals surface area contributed by atoms with Crippen LogP contribution in [0, 0.1) is 0 Å². The fraction of sp³-hybridized carbons (Fsp3) is 1.00. The Morgan fingerprint density at radius 1 is 1.26 bits per heavy atom. The molecular weight excluding hydrogens is 268 g/mol. The summed E-state index contributed by atoms with van der Waals surface area (Å²) >= 11 is 5.70. The third kappa shape index (κ3) is 4.30. The van der Waals surface area contributed by atoms with Crippen molar-refractivity contribution in [1.82, 2.24) is 0 Å². The maximum Gasteiger partial charge on any atom is 0.197 e. The predicted octanol–water partition coefficient (Wildman–Crippen LogP) is 2.81. The maximum absolute atomic E-state index is 10.4. The highest BCUT2D eigenvalue weighted by Gasteiger charge is 2.43. The van der Waals surface area contributed by atoms with E-state index in [0.717, 1.165) is 51.6 Å². The molecule has 4 nitrogen and oxygen atoms in total. The molecule has 3 atom stereocenters. The Kier molecular flexibility index (Phi) is 6.36. The van der Waals surface area contributed by atoms with Crippen molar-refractivity contribution in [3.63, 3.8) is 0 Å². The predicted molar refractivity (Wildman–Crippen MR) is 73.2 cm³/mol. The standard InChI is InChI=1S/C14H25ClO4/c15-9-5-6-12(16)14(8-2-4-11-18-14)19-13-7-1-3-10-17-13/h12-13,16H,1-11H2. The summed E-state index contributed by atoms with van der Waals surface area (Å²) in [6.07, 6.45) is 6.36. The van der Waals surface area contributed by atoms with Crippen molar-refractivity contribution in [3.8, 4) is 0 Å². The number of hydrogen-bond acceptors (Lipinski definition) is 4. The normalized spacial score (nSPS) is 34.1. The van der Waals surface area contributed by atoms with Crippen LogP contribution in [0.25, 0.3) is 0 Å². The Morgan fingerprint density at radius 3 is 2.74 bits per heavy atom. The van der Waals surface area contributed by atoms with Crippen LogP contribution in [0.15, 0.2) is 0 Å². The van der Waals surface area contributed by atoms with Gasteiger partial charge in [0.25, 0.3) is 0 Å². The summed E-state index contributed by atoms with van der Waals surface area (Å²) in [5.41, 5.74) is 0. The average molecular weight is 293 g/mol. The largest absolute Gasteiger partial charge is 0.388 e. The van der Waals surface area contributed by atoms with Crippen molar-refractivity contribution < 1.29 is 19.3 Å². The van der Waals surface area contributed by atoms with E-state index in [4.69, 9.17) is 25.8 Å². The number of rotatable bonds is 6. The van der Waals surface area contributed by atoms with Crippen LogP contribution >= 0.6 is 11.6 Å². The molecule has 5 heteroatoms. The molecule has 2 aliphatic heterocycles. The molecule has 0 spiro atoms. The molecule has 19 heavy (non-hydrogen) atoms. The maximum atomic E-state index is 10.4. The molecule has 0 bridgehead atoms. The van der Waals surface area contributed by atoms with Crippen LogP contribution in [-0.4, -0.2) is 42.4 Å². The monoisotopic (exact) mass is 292 g/mol. The zero-order valence-electron chi connectivity index (χ0n) is 11.5. The van der Waals surface area contributed by atoms with Gasteiger partial charge >= 0.3 is 0 Å². The van der Waals surface area contributed by atoms with E-state index in [2.05, 4.69) is 0 Å². The van der Waals surface area contributed by atoms with Crippen molar-refractivity contribution in [3.05, 3.63) is 0 Å². The van der Waals surface area contributed by atoms with Crippen LogP contribution in [0.1, 0.15) is 51.4 Å². The molecule has 0 aliphatic carbocycles. The van der Waals surface area contributed by atoms with Crippen LogP contribution in [0.4, 0.5) is 0 Å². The van der Waals surface area contributed by atoms with Gasteiger partial charge in [0.2, 0.25) is 0 Å². The van der Waals surface area contributed by atoms with Crippen molar-refractivity contribution in [2.24, 2.45) is 0 Å². The Hall–Kier alpha value is 0.130. The van der Waals surface area contributed by atoms with E-state index in [1.807, 2.05) is 0 Å². The first-order chi connectivity index (χ1) is 9.27. The summed E-state index contributed by atoms with van der Waals surface area (Å²) in [5, 5.41) is 10.4. The molecule has 0 saturated carbocycles. The molecule has 2 saturated heterocycles.